The van der Waals surface area contributed by atoms with Gasteiger partial charge in [0.05, 0.1) is 11.1 Å². The molecule has 0 bridgehead atoms. The zero-order valence-corrected chi connectivity index (χ0v) is 13.6. The molecule has 1 aromatic heterocycles. The SMILES string of the molecule is Cc1cc(C(=O)NC2(C(N)=O)CCCC2)c2ccc(Cl)cc2n1. The molecule has 2 aromatic rings. The second-order valence-electron chi connectivity index (χ2n) is 6.08. The summed E-state index contributed by atoms with van der Waals surface area (Å²) in [5.74, 6) is -0.773. The Morgan fingerprint density at radius 3 is 2.61 bits per heavy atom. The topological polar surface area (TPSA) is 85.1 Å². The maximum absolute atomic E-state index is 12.8. The van der Waals surface area contributed by atoms with Gasteiger partial charge >= 0.3 is 0 Å². The van der Waals surface area contributed by atoms with Gasteiger partial charge in [-0.25, -0.2) is 0 Å². The molecule has 3 N–H and O–H groups in total. The van der Waals surface area contributed by atoms with Gasteiger partial charge < -0.3 is 11.1 Å². The number of nitrogens with one attached hydrogen (secondary N) is 1. The van der Waals surface area contributed by atoms with Crippen LogP contribution in [-0.4, -0.2) is 22.3 Å². The summed E-state index contributed by atoms with van der Waals surface area (Å²) < 4.78 is 0. The van der Waals surface area contributed by atoms with Gasteiger partial charge in [-0.15, -0.1) is 0 Å². The van der Waals surface area contributed by atoms with Gasteiger partial charge in [-0.05, 0) is 38.0 Å². The van der Waals surface area contributed by atoms with Crippen molar-refractivity contribution in [1.82, 2.24) is 10.3 Å². The summed E-state index contributed by atoms with van der Waals surface area (Å²) in [4.78, 5) is 29.0. The van der Waals surface area contributed by atoms with E-state index in [-0.39, 0.29) is 5.91 Å². The summed E-state index contributed by atoms with van der Waals surface area (Å²) >= 11 is 6.00. The number of amides is 2. The Morgan fingerprint density at radius 2 is 1.96 bits per heavy atom. The lowest BCUT2D eigenvalue weighted by Crippen LogP contribution is -2.55. The van der Waals surface area contributed by atoms with Crippen molar-refractivity contribution < 1.29 is 9.59 Å². The number of aryl methyl sites for hydroxylation is 1. The molecule has 2 amide bonds. The van der Waals surface area contributed by atoms with Crippen LogP contribution in [0.1, 0.15) is 41.7 Å². The summed E-state index contributed by atoms with van der Waals surface area (Å²) in [5.41, 5.74) is 6.45. The number of rotatable bonds is 3. The van der Waals surface area contributed by atoms with E-state index < -0.39 is 11.4 Å². The largest absolute Gasteiger partial charge is 0.368 e. The Labute approximate surface area is 139 Å². The number of pyridine rings is 1. The van der Waals surface area contributed by atoms with Crippen LogP contribution in [0, 0.1) is 6.92 Å². The molecule has 1 aromatic carbocycles. The fourth-order valence-corrected chi connectivity index (χ4v) is 3.38. The molecule has 1 aliphatic carbocycles. The van der Waals surface area contributed by atoms with Crippen LogP contribution >= 0.6 is 11.6 Å². The Bertz CT molecular complexity index is 793. The van der Waals surface area contributed by atoms with Crippen molar-refractivity contribution in [2.45, 2.75) is 38.1 Å². The van der Waals surface area contributed by atoms with E-state index in [1.54, 1.807) is 24.3 Å². The second-order valence-corrected chi connectivity index (χ2v) is 6.52. The molecular weight excluding hydrogens is 314 g/mol. The van der Waals surface area contributed by atoms with Gasteiger partial charge in [0.15, 0.2) is 0 Å². The Morgan fingerprint density at radius 1 is 1.26 bits per heavy atom. The molecule has 0 saturated heterocycles. The van der Waals surface area contributed by atoms with E-state index in [2.05, 4.69) is 10.3 Å². The molecule has 0 aliphatic heterocycles. The minimum absolute atomic E-state index is 0.302. The van der Waals surface area contributed by atoms with Crippen molar-refractivity contribution in [2.75, 3.05) is 0 Å². The van der Waals surface area contributed by atoms with Crippen LogP contribution in [0.5, 0.6) is 0 Å². The number of nitrogens with two attached hydrogens (primary N) is 1. The summed E-state index contributed by atoms with van der Waals surface area (Å²) in [5, 5.41) is 4.13. The fraction of sp³-hybridized carbons (Fsp3) is 0.353. The molecule has 1 fully saturated rings. The smallest absolute Gasteiger partial charge is 0.252 e. The van der Waals surface area contributed by atoms with Gasteiger partial charge in [0.1, 0.15) is 5.54 Å². The quantitative estimate of drug-likeness (QED) is 0.906. The normalized spacial score (nSPS) is 16.4. The van der Waals surface area contributed by atoms with E-state index in [0.29, 0.717) is 40.0 Å². The van der Waals surface area contributed by atoms with Crippen LogP contribution in [-0.2, 0) is 4.79 Å². The zero-order chi connectivity index (χ0) is 16.6. The lowest BCUT2D eigenvalue weighted by Gasteiger charge is -2.27. The number of aromatic nitrogens is 1. The predicted octanol–water partition coefficient (Wildman–Crippen LogP) is 2.72. The first-order chi connectivity index (χ1) is 10.9. The van der Waals surface area contributed by atoms with Gasteiger partial charge in [0.25, 0.3) is 5.91 Å². The van der Waals surface area contributed by atoms with E-state index in [4.69, 9.17) is 17.3 Å². The monoisotopic (exact) mass is 331 g/mol. The van der Waals surface area contributed by atoms with Crippen molar-refractivity contribution in [3.63, 3.8) is 0 Å². The molecule has 0 unspecified atom stereocenters. The van der Waals surface area contributed by atoms with Crippen LogP contribution in [0.2, 0.25) is 5.02 Å². The molecule has 1 aliphatic rings. The molecule has 23 heavy (non-hydrogen) atoms. The number of carbonyl (C=O) groups is 2. The van der Waals surface area contributed by atoms with Crippen molar-refractivity contribution in [3.8, 4) is 0 Å². The van der Waals surface area contributed by atoms with Crippen molar-refractivity contribution in [3.05, 3.63) is 40.5 Å². The Hall–Kier alpha value is -2.14. The van der Waals surface area contributed by atoms with Gasteiger partial charge in [-0.2, -0.15) is 0 Å². The lowest BCUT2D eigenvalue weighted by molar-refractivity contribution is -0.123. The highest BCUT2D eigenvalue weighted by atomic mass is 35.5. The zero-order valence-electron chi connectivity index (χ0n) is 12.9. The molecule has 5 nitrogen and oxygen atoms in total. The minimum Gasteiger partial charge on any atom is -0.368 e. The highest BCUT2D eigenvalue weighted by Crippen LogP contribution is 2.30. The summed E-state index contributed by atoms with van der Waals surface area (Å²) in [6.45, 7) is 1.82. The Balaban J connectivity index is 2.02. The third-order valence-corrected chi connectivity index (χ3v) is 4.66. The first-order valence-electron chi connectivity index (χ1n) is 7.61. The fourth-order valence-electron chi connectivity index (χ4n) is 3.22. The number of nitrogens with zero attached hydrogens (tertiary/aromatic N) is 1. The van der Waals surface area contributed by atoms with Gasteiger partial charge in [-0.3, -0.25) is 14.6 Å². The number of carbonyl (C=O) groups excluding carboxylic acids is 2. The molecule has 3 rings (SSSR count). The number of benzene rings is 1. The van der Waals surface area contributed by atoms with Crippen molar-refractivity contribution in [1.29, 1.82) is 0 Å². The van der Waals surface area contributed by atoms with Gasteiger partial charge in [0, 0.05) is 16.1 Å². The molecule has 0 spiro atoms. The average molecular weight is 332 g/mol. The van der Waals surface area contributed by atoms with Crippen LogP contribution in [0.4, 0.5) is 0 Å². The van der Waals surface area contributed by atoms with Crippen LogP contribution in [0.3, 0.4) is 0 Å². The first-order valence-corrected chi connectivity index (χ1v) is 7.98. The third kappa shape index (κ3) is 2.88. The molecule has 120 valence electrons. The third-order valence-electron chi connectivity index (χ3n) is 4.43. The van der Waals surface area contributed by atoms with E-state index in [1.165, 1.54) is 0 Å². The summed E-state index contributed by atoms with van der Waals surface area (Å²) in [7, 11) is 0. The van der Waals surface area contributed by atoms with Gasteiger partial charge in [-0.1, -0.05) is 30.5 Å². The molecule has 1 heterocycles. The highest BCUT2D eigenvalue weighted by Gasteiger charge is 2.41. The van der Waals surface area contributed by atoms with Crippen LogP contribution in [0.15, 0.2) is 24.3 Å². The van der Waals surface area contributed by atoms with E-state index in [1.807, 2.05) is 6.92 Å². The molecule has 0 atom stereocenters. The van der Waals surface area contributed by atoms with Gasteiger partial charge in [0.2, 0.25) is 5.91 Å². The minimum atomic E-state index is -0.937. The Kier molecular flexibility index (Phi) is 3.98. The van der Waals surface area contributed by atoms with Crippen LogP contribution in [0.25, 0.3) is 10.9 Å². The van der Waals surface area contributed by atoms with E-state index in [0.717, 1.165) is 12.8 Å². The highest BCUT2D eigenvalue weighted by molar-refractivity contribution is 6.31. The van der Waals surface area contributed by atoms with Crippen molar-refractivity contribution in [2.24, 2.45) is 5.73 Å². The second kappa shape index (κ2) is 5.81. The molecule has 0 radical (unpaired) electrons. The summed E-state index contributed by atoms with van der Waals surface area (Å²) in [6, 6.07) is 6.93. The lowest BCUT2D eigenvalue weighted by atomic mass is 9.95. The number of fused-ring (bicyclic) bond motifs is 1. The summed E-state index contributed by atoms with van der Waals surface area (Å²) in [6.07, 6.45) is 2.94. The van der Waals surface area contributed by atoms with E-state index in [9.17, 15) is 9.59 Å². The maximum atomic E-state index is 12.8. The predicted molar refractivity (Wildman–Crippen MR) is 89.3 cm³/mol. The average Bonchev–Trinajstić information content (AvgIpc) is 2.95. The van der Waals surface area contributed by atoms with Crippen LogP contribution < -0.4 is 11.1 Å². The molecular formula is C17H18ClN3O2. The first kappa shape index (κ1) is 15.7. The number of primary amides is 1. The maximum Gasteiger partial charge on any atom is 0.252 e. The number of hydrogen-bond acceptors (Lipinski definition) is 3. The number of hydrogen-bond donors (Lipinski definition) is 2. The molecule has 6 heteroatoms. The van der Waals surface area contributed by atoms with Crippen molar-refractivity contribution >= 4 is 34.3 Å². The molecule has 1 saturated carbocycles. The number of halogens is 1. The standard InChI is InChI=1S/C17H18ClN3O2/c1-10-8-13(12-5-4-11(18)9-14(12)20-10)15(22)21-17(16(19)23)6-2-3-7-17/h4-5,8-9H,2-3,6-7H2,1H3,(H2,19,23)(H,21,22). The van der Waals surface area contributed by atoms with E-state index >= 15 is 0 Å².